The van der Waals surface area contributed by atoms with E-state index in [1.54, 1.807) is 0 Å². The quantitative estimate of drug-likeness (QED) is 0.419. The molecule has 1 aromatic rings. The first-order valence-corrected chi connectivity index (χ1v) is 4.51. The maximum atomic E-state index is 10.6. The Bertz CT molecular complexity index is 400. The Labute approximate surface area is 103 Å². The Morgan fingerprint density at radius 2 is 1.71 bits per heavy atom. The van der Waals surface area contributed by atoms with Gasteiger partial charge >= 0.3 is 0 Å². The van der Waals surface area contributed by atoms with Gasteiger partial charge in [0.1, 0.15) is 4.90 Å². The van der Waals surface area contributed by atoms with Crippen molar-refractivity contribution in [1.82, 2.24) is 0 Å². The average molecular weight is 227 g/mol. The largest absolute Gasteiger partial charge is 0.412 e. The molecule has 14 heavy (non-hydrogen) atoms. The van der Waals surface area contributed by atoms with E-state index < -0.39 is 10.1 Å². The number of benzene rings is 1. The summed E-state index contributed by atoms with van der Waals surface area (Å²) in [7, 11) is -4.28. The molecule has 0 amide bonds. The summed E-state index contributed by atoms with van der Waals surface area (Å²) in [5.74, 6) is 0. The second kappa shape index (κ2) is 6.28. The molecule has 3 N–H and O–H groups in total. The van der Waals surface area contributed by atoms with E-state index in [0.717, 1.165) is 0 Å². The fourth-order valence-corrected chi connectivity index (χ4v) is 1.48. The molecular weight excluding hydrogens is 219 g/mol. The summed E-state index contributed by atoms with van der Waals surface area (Å²) < 4.78 is 29.8. The molecule has 0 aromatic heterocycles. The van der Waals surface area contributed by atoms with Gasteiger partial charge in [-0.2, -0.15) is 8.42 Å². The zero-order valence-corrected chi connectivity index (χ0v) is 10.3. The molecule has 0 atom stereocenters. The molecule has 0 aliphatic carbocycles. The maximum absolute atomic E-state index is 10.6. The van der Waals surface area contributed by atoms with E-state index in [-0.39, 0.29) is 45.5 Å². The van der Waals surface area contributed by atoms with Crippen LogP contribution in [0, 0.1) is 0 Å². The minimum atomic E-state index is -4.28. The molecule has 1 radical (unpaired) electrons. The van der Waals surface area contributed by atoms with Crippen LogP contribution in [0.1, 0.15) is 10.4 Å². The van der Waals surface area contributed by atoms with Gasteiger partial charge in [0, 0.05) is 35.1 Å². The van der Waals surface area contributed by atoms with Gasteiger partial charge < -0.3 is 5.48 Å². The Morgan fingerprint density at radius 1 is 1.21 bits per heavy atom. The zero-order valence-electron chi connectivity index (χ0n) is 7.47. The van der Waals surface area contributed by atoms with E-state index in [4.69, 9.17) is 4.55 Å². The van der Waals surface area contributed by atoms with Crippen molar-refractivity contribution in [3.05, 3.63) is 29.8 Å². The van der Waals surface area contributed by atoms with Crippen molar-refractivity contribution in [2.75, 3.05) is 0 Å². The summed E-state index contributed by atoms with van der Waals surface area (Å²) in [6, 6.07) is 5.42. The van der Waals surface area contributed by atoms with Crippen LogP contribution in [0.2, 0.25) is 0 Å². The van der Waals surface area contributed by atoms with Crippen molar-refractivity contribution < 1.29 is 23.2 Å². The maximum Gasteiger partial charge on any atom is 0.295 e. The van der Waals surface area contributed by atoms with Crippen LogP contribution in [0.5, 0.6) is 0 Å². The van der Waals surface area contributed by atoms with Crippen LogP contribution in [0.25, 0.3) is 0 Å². The van der Waals surface area contributed by atoms with Crippen molar-refractivity contribution in [3.63, 3.8) is 0 Å². The third-order valence-corrected chi connectivity index (χ3v) is 2.25. The summed E-state index contributed by atoms with van der Waals surface area (Å²) >= 11 is 0. The topological polar surface area (TPSA) is 103 Å². The van der Waals surface area contributed by atoms with Crippen LogP contribution in [-0.4, -0.2) is 54.3 Å². The molecule has 0 spiro atoms. The molecule has 73 valence electrons. The second-order valence-electron chi connectivity index (χ2n) is 2.13. The van der Waals surface area contributed by atoms with E-state index >= 15 is 0 Å². The van der Waals surface area contributed by atoms with Gasteiger partial charge in [-0.1, -0.05) is 18.2 Å². The molecule has 0 unspecified atom stereocenters. The van der Waals surface area contributed by atoms with Crippen molar-refractivity contribution in [2.24, 2.45) is 0 Å². The van der Waals surface area contributed by atoms with E-state index in [0.29, 0.717) is 6.29 Å². The van der Waals surface area contributed by atoms with Crippen molar-refractivity contribution >= 4 is 46.0 Å². The van der Waals surface area contributed by atoms with Crippen LogP contribution in [0.15, 0.2) is 29.2 Å². The molecule has 1 rings (SSSR count). The molecule has 0 saturated carbocycles. The van der Waals surface area contributed by atoms with Crippen molar-refractivity contribution in [2.45, 2.75) is 4.90 Å². The van der Waals surface area contributed by atoms with Crippen molar-refractivity contribution in [1.29, 1.82) is 0 Å². The molecule has 7 heteroatoms. The number of aldehydes is 1. The summed E-state index contributed by atoms with van der Waals surface area (Å²) in [5.41, 5.74) is -0.0417. The molecule has 5 nitrogen and oxygen atoms in total. The van der Waals surface area contributed by atoms with E-state index in [9.17, 15) is 13.2 Å². The van der Waals surface area contributed by atoms with E-state index in [2.05, 4.69) is 0 Å². The standard InChI is InChI=1S/C7H6O4S.Na.H2O/c8-5-6-3-1-2-4-7(6)12(9,10)11;;/h1-5H,(H,9,10,11);;1H2. The summed E-state index contributed by atoms with van der Waals surface area (Å²) in [6.45, 7) is 0. The summed E-state index contributed by atoms with van der Waals surface area (Å²) in [6.07, 6.45) is 0.378. The number of carbonyl (C=O) groups is 1. The monoisotopic (exact) mass is 227 g/mol. The normalized spacial score (nSPS) is 9.50. The summed E-state index contributed by atoms with van der Waals surface area (Å²) in [5, 5.41) is 0. The van der Waals surface area contributed by atoms with E-state index in [1.807, 2.05) is 0 Å². The number of rotatable bonds is 2. The molecule has 0 heterocycles. The molecule has 0 saturated heterocycles. The Balaban J connectivity index is 0. The first-order valence-electron chi connectivity index (χ1n) is 3.07. The molecule has 0 bridgehead atoms. The number of hydrogen-bond acceptors (Lipinski definition) is 3. The first kappa shape index (κ1) is 16.2. The Morgan fingerprint density at radius 3 is 2.07 bits per heavy atom. The van der Waals surface area contributed by atoms with Gasteiger partial charge in [-0.05, 0) is 6.07 Å². The summed E-state index contributed by atoms with van der Waals surface area (Å²) in [4.78, 5) is 9.94. The minimum Gasteiger partial charge on any atom is -0.412 e. The number of hydrogen-bond donors (Lipinski definition) is 1. The van der Waals surface area contributed by atoms with Gasteiger partial charge in [-0.25, -0.2) is 0 Å². The Kier molecular flexibility index (Phi) is 7.27. The predicted octanol–water partition coefficient (Wildman–Crippen LogP) is -0.460. The van der Waals surface area contributed by atoms with Gasteiger partial charge in [-0.15, -0.1) is 0 Å². The van der Waals surface area contributed by atoms with Gasteiger partial charge in [0.25, 0.3) is 10.1 Å². The van der Waals surface area contributed by atoms with Crippen molar-refractivity contribution in [3.8, 4) is 0 Å². The minimum absolute atomic E-state index is 0. The number of carbonyl (C=O) groups excluding carboxylic acids is 1. The van der Waals surface area contributed by atoms with Crippen LogP contribution in [0.3, 0.4) is 0 Å². The predicted molar refractivity (Wildman–Crippen MR) is 51.0 cm³/mol. The second-order valence-corrected chi connectivity index (χ2v) is 3.52. The van der Waals surface area contributed by atoms with E-state index in [1.165, 1.54) is 24.3 Å². The van der Waals surface area contributed by atoms with Gasteiger partial charge in [0.2, 0.25) is 0 Å². The smallest absolute Gasteiger partial charge is 0.295 e. The third kappa shape index (κ3) is 3.87. The first-order chi connectivity index (χ1) is 5.55. The van der Waals surface area contributed by atoms with Crippen LogP contribution in [-0.2, 0) is 10.1 Å². The molecule has 0 fully saturated rings. The van der Waals surface area contributed by atoms with Gasteiger partial charge in [-0.3, -0.25) is 9.35 Å². The molecule has 0 aliphatic heterocycles. The SMILES string of the molecule is O.O=Cc1ccccc1S(=O)(=O)O.[Na]. The molecule has 0 aliphatic rings. The van der Waals surface area contributed by atoms with Gasteiger partial charge in [0.05, 0.1) is 0 Å². The van der Waals surface area contributed by atoms with Crippen LogP contribution < -0.4 is 0 Å². The third-order valence-electron chi connectivity index (χ3n) is 1.32. The fraction of sp³-hybridized carbons (Fsp3) is 0. The van der Waals surface area contributed by atoms with Gasteiger partial charge in [0.15, 0.2) is 6.29 Å². The Hall–Kier alpha value is -0.240. The van der Waals surface area contributed by atoms with Crippen LogP contribution in [0.4, 0.5) is 0 Å². The fourth-order valence-electron chi connectivity index (χ4n) is 0.813. The zero-order chi connectivity index (χ0) is 9.19. The molecule has 1 aromatic carbocycles. The molecular formula is C7H8NaO5S. The average Bonchev–Trinajstić information content (AvgIpc) is 2.03. The van der Waals surface area contributed by atoms with Crippen LogP contribution >= 0.6 is 0 Å².